The van der Waals surface area contributed by atoms with Crippen LogP contribution in [-0.4, -0.2) is 23.6 Å². The lowest BCUT2D eigenvalue weighted by molar-refractivity contribution is -0.150. The maximum atomic E-state index is 14.4. The molecule has 1 atom stereocenters. The number of hydrogen-bond acceptors (Lipinski definition) is 5. The fourth-order valence-electron chi connectivity index (χ4n) is 2.94. The number of esters is 1. The van der Waals surface area contributed by atoms with E-state index in [1.807, 2.05) is 62.3 Å². The number of halogens is 1. The highest BCUT2D eigenvalue weighted by atomic mass is 19.1. The number of allylic oxidation sites excluding steroid dienone is 3. The Bertz CT molecular complexity index is 841. The minimum atomic E-state index is -0.603. The van der Waals surface area contributed by atoms with Crippen molar-refractivity contribution in [1.29, 1.82) is 0 Å². The predicted octanol–water partition coefficient (Wildman–Crippen LogP) is 5.38. The number of carbonyl (C=O) groups is 2. The zero-order valence-electron chi connectivity index (χ0n) is 19.5. The number of rotatable bonds is 3. The van der Waals surface area contributed by atoms with E-state index in [0.717, 1.165) is 11.3 Å². The van der Waals surface area contributed by atoms with Crippen molar-refractivity contribution < 1.29 is 23.5 Å². The van der Waals surface area contributed by atoms with E-state index in [9.17, 15) is 14.0 Å². The lowest BCUT2D eigenvalue weighted by Crippen LogP contribution is -2.32. The molecule has 1 unspecified atom stereocenters. The van der Waals surface area contributed by atoms with Crippen LogP contribution in [0.25, 0.3) is 0 Å². The topological polar surface area (TPSA) is 64.6 Å². The average molecular weight is 420 g/mol. The predicted molar refractivity (Wildman–Crippen MR) is 116 cm³/mol. The van der Waals surface area contributed by atoms with Crippen molar-refractivity contribution in [2.45, 2.75) is 79.4 Å². The molecule has 0 bridgehead atoms. The van der Waals surface area contributed by atoms with E-state index in [1.165, 1.54) is 6.07 Å². The zero-order valence-corrected chi connectivity index (χ0v) is 19.5. The monoisotopic (exact) mass is 419 g/mol. The summed E-state index contributed by atoms with van der Waals surface area (Å²) in [6.45, 7) is 17.1. The van der Waals surface area contributed by atoms with Gasteiger partial charge in [0.1, 0.15) is 17.0 Å². The highest BCUT2D eigenvalue weighted by molar-refractivity contribution is 5.92. The molecule has 2 rings (SSSR count). The number of benzene rings is 1. The van der Waals surface area contributed by atoms with Crippen molar-refractivity contribution >= 4 is 12.4 Å². The summed E-state index contributed by atoms with van der Waals surface area (Å²) < 4.78 is 24.4. The first-order valence-electron chi connectivity index (χ1n) is 9.92. The van der Waals surface area contributed by atoms with Crippen molar-refractivity contribution in [2.75, 3.05) is 0 Å². The van der Waals surface area contributed by atoms with Gasteiger partial charge in [-0.2, -0.15) is 0 Å². The quantitative estimate of drug-likeness (QED) is 0.526. The van der Waals surface area contributed by atoms with E-state index in [-0.39, 0.29) is 11.4 Å². The van der Waals surface area contributed by atoms with E-state index in [1.54, 1.807) is 18.2 Å². The highest BCUT2D eigenvalue weighted by Gasteiger charge is 2.34. The van der Waals surface area contributed by atoms with Crippen LogP contribution < -0.4 is 5.32 Å². The molecule has 1 N–H and O–H groups in total. The molecular formula is C24H34FNO4. The second-order valence-electron chi connectivity index (χ2n) is 9.25. The number of dihydropyridines is 1. The molecule has 1 aromatic carbocycles. The first-order chi connectivity index (χ1) is 13.7. The van der Waals surface area contributed by atoms with Crippen LogP contribution in [0.3, 0.4) is 0 Å². The number of ether oxygens (including phenoxy) is 2. The normalized spacial score (nSPS) is 16.9. The Kier molecular flexibility index (Phi) is 8.40. The molecule has 0 saturated carbocycles. The summed E-state index contributed by atoms with van der Waals surface area (Å²) in [6.07, 6.45) is 0. The van der Waals surface area contributed by atoms with E-state index in [4.69, 9.17) is 4.74 Å². The molecule has 0 amide bonds. The summed E-state index contributed by atoms with van der Waals surface area (Å²) >= 11 is 0. The van der Waals surface area contributed by atoms with Gasteiger partial charge in [-0.25, -0.2) is 9.18 Å². The molecule has 166 valence electrons. The van der Waals surface area contributed by atoms with E-state index < -0.39 is 17.5 Å². The van der Waals surface area contributed by atoms with Gasteiger partial charge in [-0.15, -0.1) is 0 Å². The van der Waals surface area contributed by atoms with Gasteiger partial charge in [-0.05, 0) is 79.5 Å². The molecule has 1 aromatic rings. The number of nitrogens with one attached hydrogen (secondary N) is 1. The van der Waals surface area contributed by atoms with E-state index >= 15 is 0 Å². The lowest BCUT2D eigenvalue weighted by atomic mass is 9.81. The van der Waals surface area contributed by atoms with Crippen molar-refractivity contribution in [3.63, 3.8) is 0 Å². The third-order valence-electron chi connectivity index (χ3n) is 4.33. The average Bonchev–Trinajstić information content (AvgIpc) is 2.56. The summed E-state index contributed by atoms with van der Waals surface area (Å²) in [5.41, 5.74) is 2.59. The van der Waals surface area contributed by atoms with Crippen LogP contribution in [0.1, 0.15) is 73.8 Å². The Morgan fingerprint density at radius 2 is 1.57 bits per heavy atom. The summed E-state index contributed by atoms with van der Waals surface area (Å²) in [5.74, 6) is -1.17. The first-order valence-corrected chi connectivity index (χ1v) is 9.92. The molecule has 0 radical (unpaired) electrons. The van der Waals surface area contributed by atoms with Crippen LogP contribution in [0.15, 0.2) is 46.8 Å². The molecule has 0 aliphatic carbocycles. The molecule has 1 heterocycles. The van der Waals surface area contributed by atoms with Crippen LogP contribution in [0.2, 0.25) is 0 Å². The first kappa shape index (κ1) is 25.4. The van der Waals surface area contributed by atoms with Crippen LogP contribution in [0, 0.1) is 5.82 Å². The second kappa shape index (κ2) is 9.92. The van der Waals surface area contributed by atoms with Gasteiger partial charge in [-0.1, -0.05) is 18.2 Å². The standard InChI is InChI=1S/C19H24FNO2.C5H10O2/c1-11-12(2)21-13(3)17(18(22)23-19(4,5)6)16(11)14-9-7-8-10-15(14)20;1-5(2,3)7-4-6/h7-10,16,21H,1-6H3;4H,1-3H3. The van der Waals surface area contributed by atoms with Gasteiger partial charge in [0.15, 0.2) is 0 Å². The van der Waals surface area contributed by atoms with Crippen molar-refractivity contribution in [2.24, 2.45) is 0 Å². The summed E-state index contributed by atoms with van der Waals surface area (Å²) in [7, 11) is 0. The van der Waals surface area contributed by atoms with Gasteiger partial charge in [0.05, 0.1) is 5.57 Å². The van der Waals surface area contributed by atoms with Gasteiger partial charge in [-0.3, -0.25) is 4.79 Å². The van der Waals surface area contributed by atoms with Crippen LogP contribution in [-0.2, 0) is 19.1 Å². The lowest BCUT2D eigenvalue weighted by Gasteiger charge is -2.32. The molecule has 5 nitrogen and oxygen atoms in total. The molecule has 1 aliphatic rings. The molecule has 0 fully saturated rings. The molecule has 0 saturated heterocycles. The highest BCUT2D eigenvalue weighted by Crippen LogP contribution is 2.39. The zero-order chi connectivity index (χ0) is 23.3. The third kappa shape index (κ3) is 7.32. The van der Waals surface area contributed by atoms with Crippen LogP contribution in [0.4, 0.5) is 4.39 Å². The molecule has 1 aliphatic heterocycles. The molecular weight excluding hydrogens is 385 g/mol. The Morgan fingerprint density at radius 1 is 1.00 bits per heavy atom. The Balaban J connectivity index is 0.000000553. The van der Waals surface area contributed by atoms with Gasteiger partial charge in [0.2, 0.25) is 0 Å². The number of hydrogen-bond donors (Lipinski definition) is 1. The van der Waals surface area contributed by atoms with Crippen LogP contribution in [0.5, 0.6) is 0 Å². The molecule has 0 spiro atoms. The third-order valence-corrected chi connectivity index (χ3v) is 4.33. The van der Waals surface area contributed by atoms with Crippen molar-refractivity contribution in [3.05, 3.63) is 58.2 Å². The van der Waals surface area contributed by atoms with E-state index in [2.05, 4.69) is 10.1 Å². The smallest absolute Gasteiger partial charge is 0.337 e. The summed E-state index contributed by atoms with van der Waals surface area (Å²) in [4.78, 5) is 22.3. The Labute approximate surface area is 179 Å². The van der Waals surface area contributed by atoms with Crippen LogP contribution >= 0.6 is 0 Å². The van der Waals surface area contributed by atoms with E-state index in [0.29, 0.717) is 23.3 Å². The second-order valence-corrected chi connectivity index (χ2v) is 9.25. The Hall–Kier alpha value is -2.63. The van der Waals surface area contributed by atoms with Crippen molar-refractivity contribution in [3.8, 4) is 0 Å². The largest absolute Gasteiger partial charge is 0.462 e. The van der Waals surface area contributed by atoms with Crippen molar-refractivity contribution in [1.82, 2.24) is 5.32 Å². The maximum absolute atomic E-state index is 14.4. The molecule has 6 heteroatoms. The summed E-state index contributed by atoms with van der Waals surface area (Å²) in [5, 5.41) is 3.20. The summed E-state index contributed by atoms with van der Waals surface area (Å²) in [6, 6.07) is 6.57. The number of carbonyl (C=O) groups excluding carboxylic acids is 2. The van der Waals surface area contributed by atoms with Gasteiger partial charge in [0, 0.05) is 17.3 Å². The fourth-order valence-corrected chi connectivity index (χ4v) is 2.94. The van der Waals surface area contributed by atoms with Gasteiger partial charge in [0.25, 0.3) is 6.47 Å². The maximum Gasteiger partial charge on any atom is 0.337 e. The Morgan fingerprint density at radius 3 is 2.00 bits per heavy atom. The van der Waals surface area contributed by atoms with Gasteiger partial charge >= 0.3 is 5.97 Å². The molecule has 30 heavy (non-hydrogen) atoms. The minimum absolute atomic E-state index is 0.318. The minimum Gasteiger partial charge on any atom is -0.462 e. The van der Waals surface area contributed by atoms with Gasteiger partial charge < -0.3 is 14.8 Å². The SMILES string of the molecule is CC(C)(C)OC=O.CC1=C(C)C(c2ccccc2F)C(C(=O)OC(C)(C)C)=C(C)N1. The fraction of sp³-hybridized carbons (Fsp3) is 0.500. The molecule has 0 aromatic heterocycles.